The second-order valence-corrected chi connectivity index (χ2v) is 6.98. The molecule has 0 saturated heterocycles. The molecule has 6 heteroatoms. The SMILES string of the molecule is C=Cc1cccc(OC)c1ON(CC)Oc1c(C=Bc2ccccc2C)cccc1OC.CC. The van der Waals surface area contributed by atoms with Crippen molar-refractivity contribution in [2.45, 2.75) is 27.7 Å². The van der Waals surface area contributed by atoms with Crippen LogP contribution in [0.15, 0.2) is 67.2 Å². The van der Waals surface area contributed by atoms with Gasteiger partial charge < -0.3 is 0 Å². The maximum absolute atomic E-state index is 6.18. The molecule has 3 rings (SSSR count). The molecule has 0 spiro atoms. The number of aryl methyl sites for hydroxylation is 1. The van der Waals surface area contributed by atoms with E-state index >= 15 is 0 Å². The molecule has 0 saturated carbocycles. The molecule has 5 nitrogen and oxygen atoms in total. The predicted molar refractivity (Wildman–Crippen MR) is 143 cm³/mol. The molecule has 0 aromatic heterocycles. The Bertz CT molecular complexity index is 1100. The molecule has 0 bridgehead atoms. The fourth-order valence-corrected chi connectivity index (χ4v) is 3.18. The third-order valence-corrected chi connectivity index (χ3v) is 4.95. The van der Waals surface area contributed by atoms with Crippen molar-refractivity contribution in [1.82, 2.24) is 5.23 Å². The molecule has 0 aliphatic carbocycles. The third-order valence-electron chi connectivity index (χ3n) is 4.95. The summed E-state index contributed by atoms with van der Waals surface area (Å²) < 4.78 is 11.0. The number of hydrogen-bond acceptors (Lipinski definition) is 5. The van der Waals surface area contributed by atoms with Crippen LogP contribution >= 0.6 is 0 Å². The fraction of sp³-hybridized carbons (Fsp3) is 0.250. The molecule has 0 fully saturated rings. The van der Waals surface area contributed by atoms with Crippen LogP contribution in [0.1, 0.15) is 37.5 Å². The van der Waals surface area contributed by atoms with E-state index in [0.717, 1.165) is 16.6 Å². The van der Waals surface area contributed by atoms with E-state index in [2.05, 4.69) is 32.6 Å². The Balaban J connectivity index is 0.00000199. The van der Waals surface area contributed by atoms with Crippen LogP contribution in [-0.4, -0.2) is 38.9 Å². The minimum Gasteiger partial charge on any atom is -0.0683 e. The van der Waals surface area contributed by atoms with Gasteiger partial charge in [-0.15, -0.1) is 0 Å². The molecule has 0 N–H and O–H groups in total. The van der Waals surface area contributed by atoms with Gasteiger partial charge >= 0.3 is 190 Å². The second-order valence-electron chi connectivity index (χ2n) is 6.98. The minimum atomic E-state index is 0.452. The molecule has 0 amide bonds. The van der Waals surface area contributed by atoms with E-state index < -0.39 is 0 Å². The van der Waals surface area contributed by atoms with Gasteiger partial charge in [0.25, 0.3) is 0 Å². The van der Waals surface area contributed by atoms with Gasteiger partial charge in [-0.1, -0.05) is 13.8 Å². The van der Waals surface area contributed by atoms with Crippen LogP contribution in [0.5, 0.6) is 23.0 Å². The van der Waals surface area contributed by atoms with E-state index in [1.54, 1.807) is 20.3 Å². The zero-order valence-corrected chi connectivity index (χ0v) is 21.0. The Kier molecular flexibility index (Phi) is 10.9. The largest absolute Gasteiger partial charge is 0.0683 e. The number of hydroxylamine groups is 2. The van der Waals surface area contributed by atoms with Crippen molar-refractivity contribution >= 4 is 24.4 Å². The normalized spacial score (nSPS) is 10.2. The van der Waals surface area contributed by atoms with Crippen LogP contribution in [0.3, 0.4) is 0 Å². The van der Waals surface area contributed by atoms with Gasteiger partial charge in [0.15, 0.2) is 0 Å². The molecule has 0 aliphatic rings. The van der Waals surface area contributed by atoms with Crippen molar-refractivity contribution in [1.29, 1.82) is 0 Å². The van der Waals surface area contributed by atoms with Crippen LogP contribution in [-0.2, 0) is 0 Å². The van der Waals surface area contributed by atoms with Crippen molar-refractivity contribution in [2.75, 3.05) is 20.8 Å². The number of methoxy groups -OCH3 is 2. The molecule has 0 aliphatic heterocycles. The summed E-state index contributed by atoms with van der Waals surface area (Å²) in [5, 5.41) is 1.40. The van der Waals surface area contributed by atoms with Crippen molar-refractivity contribution in [3.8, 4) is 23.0 Å². The molecule has 3 aromatic rings. The van der Waals surface area contributed by atoms with Crippen LogP contribution < -0.4 is 24.6 Å². The van der Waals surface area contributed by atoms with Crippen LogP contribution in [0.25, 0.3) is 6.08 Å². The van der Waals surface area contributed by atoms with Crippen molar-refractivity contribution < 1.29 is 19.1 Å². The zero-order chi connectivity index (χ0) is 24.9. The molecule has 34 heavy (non-hydrogen) atoms. The van der Waals surface area contributed by atoms with E-state index in [4.69, 9.17) is 19.1 Å². The number of hydrogen-bond donors (Lipinski definition) is 0. The first-order valence-corrected chi connectivity index (χ1v) is 11.4. The first-order chi connectivity index (χ1) is 16.6. The monoisotopic (exact) mass is 459 g/mol. The standard InChI is InChI=1S/C26H28BNO4.C2H6/c1-6-20-13-10-16-23(29-4)25(20)31-28(7-2)32-26-21(14-11-17-24(26)30-5)18-27-22-15-9-8-12-19(22)3;1-2/h6,8-18H,1,7H2,2-5H3;1-2H3. The Hall–Kier alpha value is -3.51. The average molecular weight is 459 g/mol. The Morgan fingerprint density at radius 2 is 1.38 bits per heavy atom. The number of para-hydroxylation sites is 2. The van der Waals surface area contributed by atoms with E-state index in [9.17, 15) is 0 Å². The van der Waals surface area contributed by atoms with E-state index in [1.165, 1.54) is 10.8 Å². The quantitative estimate of drug-likeness (QED) is 0.297. The Labute approximate surface area is 204 Å². The Morgan fingerprint density at radius 1 is 0.824 bits per heavy atom. The topological polar surface area (TPSA) is 40.2 Å². The average Bonchev–Trinajstić information content (AvgIpc) is 2.89. The van der Waals surface area contributed by atoms with Gasteiger partial charge in [-0.05, 0) is 0 Å². The van der Waals surface area contributed by atoms with E-state index in [-0.39, 0.29) is 0 Å². The third kappa shape index (κ3) is 6.75. The van der Waals surface area contributed by atoms with Crippen molar-refractivity contribution in [2.24, 2.45) is 0 Å². The van der Waals surface area contributed by atoms with Gasteiger partial charge in [0.2, 0.25) is 0 Å². The van der Waals surface area contributed by atoms with Gasteiger partial charge in [-0.25, -0.2) is 0 Å². The molecule has 0 heterocycles. The summed E-state index contributed by atoms with van der Waals surface area (Å²) in [6.45, 7) is 14.4. The summed E-state index contributed by atoms with van der Waals surface area (Å²) in [4.78, 5) is 12.3. The number of ether oxygens (including phenoxy) is 2. The first-order valence-electron chi connectivity index (χ1n) is 11.4. The fourth-order valence-electron chi connectivity index (χ4n) is 3.18. The van der Waals surface area contributed by atoms with Gasteiger partial charge in [0, 0.05) is 0 Å². The maximum atomic E-state index is 6.18. The molecule has 178 valence electrons. The summed E-state index contributed by atoms with van der Waals surface area (Å²) in [6.07, 6.45) is 1.71. The van der Waals surface area contributed by atoms with E-state index in [0.29, 0.717) is 29.5 Å². The van der Waals surface area contributed by atoms with Gasteiger partial charge in [-0.3, -0.25) is 0 Å². The second kappa shape index (κ2) is 13.9. The van der Waals surface area contributed by atoms with Crippen LogP contribution in [0.2, 0.25) is 0 Å². The molecular formula is C28H34BNO4. The zero-order valence-electron chi connectivity index (χ0n) is 21.0. The van der Waals surface area contributed by atoms with Crippen molar-refractivity contribution in [3.63, 3.8) is 0 Å². The van der Waals surface area contributed by atoms with Crippen LogP contribution in [0, 0.1) is 6.92 Å². The summed E-state index contributed by atoms with van der Waals surface area (Å²) >= 11 is 0. The molecule has 3 aromatic carbocycles. The van der Waals surface area contributed by atoms with Gasteiger partial charge in [-0.2, -0.15) is 0 Å². The predicted octanol–water partition coefficient (Wildman–Crippen LogP) is 5.47. The van der Waals surface area contributed by atoms with Gasteiger partial charge in [0.05, 0.1) is 0 Å². The smallest absolute Gasteiger partial charge is 0.0683 e. The van der Waals surface area contributed by atoms with E-state index in [1.807, 2.05) is 75.3 Å². The molecule has 0 radical (unpaired) electrons. The summed E-state index contributed by atoms with van der Waals surface area (Å²) in [6, 6.07) is 19.6. The summed E-state index contributed by atoms with van der Waals surface area (Å²) in [7, 11) is 3.21. The maximum Gasteiger partial charge on any atom is -0.0683 e. The molecular weight excluding hydrogens is 425 g/mol. The van der Waals surface area contributed by atoms with Crippen molar-refractivity contribution in [3.05, 3.63) is 83.9 Å². The van der Waals surface area contributed by atoms with Crippen LogP contribution in [0.4, 0.5) is 0 Å². The minimum absolute atomic E-state index is 0.452. The molecule has 0 atom stereocenters. The number of rotatable bonds is 10. The Morgan fingerprint density at radius 3 is 1.91 bits per heavy atom. The number of nitrogens with zero attached hydrogens (tertiary/aromatic N) is 1. The van der Waals surface area contributed by atoms with Gasteiger partial charge in [0.1, 0.15) is 0 Å². The number of benzene rings is 3. The summed E-state index contributed by atoms with van der Waals surface area (Å²) in [5.41, 5.74) is 3.99. The summed E-state index contributed by atoms with van der Waals surface area (Å²) in [5.74, 6) is 4.27. The first kappa shape index (κ1) is 26.7. The molecule has 0 unspecified atom stereocenters.